The van der Waals surface area contributed by atoms with Crippen molar-refractivity contribution < 1.29 is 4.79 Å². The van der Waals surface area contributed by atoms with E-state index >= 15 is 0 Å². The maximum absolute atomic E-state index is 12.5. The van der Waals surface area contributed by atoms with Gasteiger partial charge >= 0.3 is 0 Å². The lowest BCUT2D eigenvalue weighted by molar-refractivity contribution is 0.102. The van der Waals surface area contributed by atoms with Crippen molar-refractivity contribution in [1.82, 2.24) is 19.7 Å². The van der Waals surface area contributed by atoms with Crippen molar-refractivity contribution in [1.29, 1.82) is 0 Å². The standard InChI is InChI=1S/C17H19N5OS/c1-21-8-3-13(4-9-21)22-10-5-14(20-22)19-17(23)15-16-12(2-7-18-15)6-11-24-16/h2,5-7,10-11,13H,3-4,8-9H2,1H3,(H,19,20,23). The molecule has 1 aliphatic heterocycles. The number of anilines is 1. The van der Waals surface area contributed by atoms with Crippen LogP contribution >= 0.6 is 11.3 Å². The van der Waals surface area contributed by atoms with Gasteiger partial charge in [0.15, 0.2) is 5.82 Å². The molecule has 4 rings (SSSR count). The van der Waals surface area contributed by atoms with Crippen molar-refractivity contribution in [3.05, 3.63) is 41.7 Å². The molecule has 0 saturated carbocycles. The van der Waals surface area contributed by atoms with Gasteiger partial charge in [-0.3, -0.25) is 9.48 Å². The summed E-state index contributed by atoms with van der Waals surface area (Å²) >= 11 is 1.53. The van der Waals surface area contributed by atoms with Gasteiger partial charge in [0.05, 0.1) is 10.7 Å². The average molecular weight is 341 g/mol. The summed E-state index contributed by atoms with van der Waals surface area (Å²) in [4.78, 5) is 19.1. The lowest BCUT2D eigenvalue weighted by Crippen LogP contribution is -2.31. The highest BCUT2D eigenvalue weighted by Crippen LogP contribution is 2.24. The van der Waals surface area contributed by atoms with E-state index in [9.17, 15) is 4.79 Å². The van der Waals surface area contributed by atoms with Gasteiger partial charge < -0.3 is 10.2 Å². The van der Waals surface area contributed by atoms with Crippen LogP contribution in [0.15, 0.2) is 36.0 Å². The molecule has 124 valence electrons. The first kappa shape index (κ1) is 15.3. The summed E-state index contributed by atoms with van der Waals surface area (Å²) in [5, 5.41) is 10.4. The highest BCUT2D eigenvalue weighted by Gasteiger charge is 2.20. The normalized spacial score (nSPS) is 16.5. The third-order valence-corrected chi connectivity index (χ3v) is 5.43. The Balaban J connectivity index is 1.49. The lowest BCUT2D eigenvalue weighted by Gasteiger charge is -2.28. The van der Waals surface area contributed by atoms with Crippen LogP contribution in [0.1, 0.15) is 29.4 Å². The Morgan fingerprint density at radius 1 is 1.29 bits per heavy atom. The molecule has 3 aromatic rings. The number of pyridine rings is 1. The highest BCUT2D eigenvalue weighted by atomic mass is 32.1. The fourth-order valence-corrected chi connectivity index (χ4v) is 3.98. The van der Waals surface area contributed by atoms with Gasteiger partial charge in [0.1, 0.15) is 5.69 Å². The minimum Gasteiger partial charge on any atom is -0.306 e. The Kier molecular flexibility index (Phi) is 4.03. The molecule has 0 atom stereocenters. The molecule has 1 aliphatic rings. The number of nitrogens with zero attached hydrogens (tertiary/aromatic N) is 4. The van der Waals surface area contributed by atoms with Crippen LogP contribution in [-0.4, -0.2) is 45.7 Å². The number of fused-ring (bicyclic) bond motifs is 1. The van der Waals surface area contributed by atoms with Crippen molar-refractivity contribution in [3.63, 3.8) is 0 Å². The van der Waals surface area contributed by atoms with Crippen LogP contribution in [0.2, 0.25) is 0 Å². The predicted molar refractivity (Wildman–Crippen MR) is 95.6 cm³/mol. The van der Waals surface area contributed by atoms with Crippen molar-refractivity contribution in [2.75, 3.05) is 25.5 Å². The number of aromatic nitrogens is 3. The molecule has 7 heteroatoms. The second-order valence-electron chi connectivity index (χ2n) is 6.17. The van der Waals surface area contributed by atoms with Gasteiger partial charge in [0.2, 0.25) is 0 Å². The molecule has 24 heavy (non-hydrogen) atoms. The lowest BCUT2D eigenvalue weighted by atomic mass is 10.1. The summed E-state index contributed by atoms with van der Waals surface area (Å²) in [5.74, 6) is 0.367. The van der Waals surface area contributed by atoms with Crippen LogP contribution in [0, 0.1) is 0 Å². The average Bonchev–Trinajstić information content (AvgIpc) is 3.24. The zero-order valence-electron chi connectivity index (χ0n) is 13.5. The SMILES string of the molecule is CN1CCC(n2ccc(NC(=O)c3nccc4ccsc34)n2)CC1. The quantitative estimate of drug-likeness (QED) is 0.795. The summed E-state index contributed by atoms with van der Waals surface area (Å²) in [7, 11) is 2.14. The van der Waals surface area contributed by atoms with Crippen LogP contribution in [0.3, 0.4) is 0 Å². The number of rotatable bonds is 3. The van der Waals surface area contributed by atoms with Gasteiger partial charge in [0.25, 0.3) is 5.91 Å². The van der Waals surface area contributed by atoms with Gasteiger partial charge in [-0.15, -0.1) is 11.3 Å². The molecular weight excluding hydrogens is 322 g/mol. The maximum atomic E-state index is 12.5. The molecule has 0 aliphatic carbocycles. The second kappa shape index (κ2) is 6.33. The van der Waals surface area contributed by atoms with Crippen LogP contribution in [-0.2, 0) is 0 Å². The van der Waals surface area contributed by atoms with Crippen LogP contribution in [0.25, 0.3) is 10.1 Å². The Morgan fingerprint density at radius 3 is 2.96 bits per heavy atom. The van der Waals surface area contributed by atoms with E-state index in [2.05, 4.69) is 27.3 Å². The largest absolute Gasteiger partial charge is 0.306 e. The molecule has 6 nitrogen and oxygen atoms in total. The van der Waals surface area contributed by atoms with Crippen LogP contribution in [0.4, 0.5) is 5.82 Å². The Bertz CT molecular complexity index is 863. The second-order valence-corrected chi connectivity index (χ2v) is 7.08. The zero-order valence-corrected chi connectivity index (χ0v) is 14.3. The van der Waals surface area contributed by atoms with Crippen LogP contribution < -0.4 is 5.32 Å². The molecule has 0 spiro atoms. The Labute approximate surface area is 144 Å². The van der Waals surface area contributed by atoms with Gasteiger partial charge in [-0.1, -0.05) is 0 Å². The fourth-order valence-electron chi connectivity index (χ4n) is 3.10. The topological polar surface area (TPSA) is 63.0 Å². The van der Waals surface area contributed by atoms with E-state index in [4.69, 9.17) is 0 Å². The molecule has 0 bridgehead atoms. The third-order valence-electron chi connectivity index (χ3n) is 4.50. The smallest absolute Gasteiger partial charge is 0.276 e. The van der Waals surface area contributed by atoms with E-state index in [0.717, 1.165) is 36.0 Å². The first-order valence-corrected chi connectivity index (χ1v) is 8.96. The van der Waals surface area contributed by atoms with Gasteiger partial charge in [-0.25, -0.2) is 4.98 Å². The summed E-state index contributed by atoms with van der Waals surface area (Å²) in [5.41, 5.74) is 0.455. The molecule has 3 aromatic heterocycles. The molecule has 1 fully saturated rings. The van der Waals surface area contributed by atoms with Crippen molar-refractivity contribution in [2.45, 2.75) is 18.9 Å². The number of carbonyl (C=O) groups excluding carboxylic acids is 1. The van der Waals surface area contributed by atoms with E-state index in [-0.39, 0.29) is 5.91 Å². The fraction of sp³-hybridized carbons (Fsp3) is 0.353. The minimum atomic E-state index is -0.211. The molecule has 1 amide bonds. The molecule has 0 radical (unpaired) electrons. The van der Waals surface area contributed by atoms with E-state index in [1.54, 1.807) is 6.20 Å². The molecule has 1 N–H and O–H groups in total. The number of hydrogen-bond donors (Lipinski definition) is 1. The first-order valence-electron chi connectivity index (χ1n) is 8.08. The van der Waals surface area contributed by atoms with E-state index in [0.29, 0.717) is 17.6 Å². The molecule has 0 aromatic carbocycles. The molecule has 4 heterocycles. The summed E-state index contributed by atoms with van der Waals surface area (Å²) in [6.07, 6.45) is 5.79. The maximum Gasteiger partial charge on any atom is 0.276 e. The summed E-state index contributed by atoms with van der Waals surface area (Å²) in [6.45, 7) is 2.16. The van der Waals surface area contributed by atoms with Gasteiger partial charge in [-0.05, 0) is 55.9 Å². The Morgan fingerprint density at radius 2 is 2.12 bits per heavy atom. The van der Waals surface area contributed by atoms with E-state index < -0.39 is 0 Å². The van der Waals surface area contributed by atoms with Crippen molar-refractivity contribution in [3.8, 4) is 0 Å². The number of likely N-dealkylation sites (tertiary alicyclic amines) is 1. The number of nitrogens with one attached hydrogen (secondary N) is 1. The minimum absolute atomic E-state index is 0.211. The number of amides is 1. The van der Waals surface area contributed by atoms with Crippen molar-refractivity contribution >= 4 is 33.1 Å². The third kappa shape index (κ3) is 2.92. The molecule has 0 unspecified atom stereocenters. The van der Waals surface area contributed by atoms with Gasteiger partial charge in [0, 0.05) is 18.5 Å². The van der Waals surface area contributed by atoms with E-state index in [1.165, 1.54) is 11.3 Å². The van der Waals surface area contributed by atoms with Crippen LogP contribution in [0.5, 0.6) is 0 Å². The molecular formula is C17H19N5OS. The number of hydrogen-bond acceptors (Lipinski definition) is 5. The number of thiophene rings is 1. The highest BCUT2D eigenvalue weighted by molar-refractivity contribution is 7.17. The first-order chi connectivity index (χ1) is 11.7. The monoisotopic (exact) mass is 341 g/mol. The number of piperidine rings is 1. The number of carbonyl (C=O) groups is 1. The zero-order chi connectivity index (χ0) is 16.5. The van der Waals surface area contributed by atoms with E-state index in [1.807, 2.05) is 34.5 Å². The summed E-state index contributed by atoms with van der Waals surface area (Å²) < 4.78 is 2.88. The summed E-state index contributed by atoms with van der Waals surface area (Å²) in [6, 6.07) is 6.17. The van der Waals surface area contributed by atoms with Crippen molar-refractivity contribution in [2.24, 2.45) is 0 Å². The Hall–Kier alpha value is -2.25. The van der Waals surface area contributed by atoms with Gasteiger partial charge in [-0.2, -0.15) is 5.10 Å². The molecule has 1 saturated heterocycles. The predicted octanol–water partition coefficient (Wildman–Crippen LogP) is 3.01.